The molecule has 2 nitrogen and oxygen atoms in total. The Morgan fingerprint density at radius 3 is 1.89 bits per heavy atom. The first-order valence-corrected chi connectivity index (χ1v) is 24.6. The predicted octanol–water partition coefficient (Wildman–Crippen LogP) is 15.8. The summed E-state index contributed by atoms with van der Waals surface area (Å²) in [7, 11) is 0. The highest BCUT2D eigenvalue weighted by Gasteiger charge is 2.48. The van der Waals surface area contributed by atoms with Gasteiger partial charge >= 0.3 is 6.85 Å². The fourth-order valence-electron chi connectivity index (χ4n) is 11.1. The van der Waals surface area contributed by atoms with Crippen molar-refractivity contribution < 1.29 is 0 Å². The van der Waals surface area contributed by atoms with Crippen molar-refractivity contribution in [1.82, 2.24) is 0 Å². The summed E-state index contributed by atoms with van der Waals surface area (Å²) < 4.78 is 2.74. The summed E-state index contributed by atoms with van der Waals surface area (Å²) in [6.07, 6.45) is 2.37. The van der Waals surface area contributed by atoms with Gasteiger partial charge in [0.2, 0.25) is 0 Å². The van der Waals surface area contributed by atoms with Crippen LogP contribution in [0.5, 0.6) is 0 Å². The smallest absolute Gasteiger partial charge is 0.343 e. The van der Waals surface area contributed by atoms with Crippen molar-refractivity contribution in [3.8, 4) is 33.4 Å². The van der Waals surface area contributed by atoms with Crippen LogP contribution in [0.3, 0.4) is 0 Å². The Morgan fingerprint density at radius 2 is 1.18 bits per heavy atom. The summed E-state index contributed by atoms with van der Waals surface area (Å²) in [6, 6.07) is 58.4. The van der Waals surface area contributed by atoms with E-state index in [-0.39, 0.29) is 28.5 Å². The molecule has 65 heavy (non-hydrogen) atoms. The molecule has 3 aliphatic rings. The third-order valence-corrected chi connectivity index (χ3v) is 16.3. The lowest BCUT2D eigenvalue weighted by Crippen LogP contribution is -2.61. The summed E-state index contributed by atoms with van der Waals surface area (Å²) in [4.78, 5) is 5.46. The molecule has 324 valence electrons. The zero-order valence-electron chi connectivity index (χ0n) is 39.9. The van der Waals surface area contributed by atoms with Gasteiger partial charge in [-0.25, -0.2) is 0 Å². The standard InChI is InChI=1S/C61H61BN2S/c1-58(2,3)43-27-25-42(47(34-43)40-21-15-12-16-22-40)38-63-53-36-44(59(4,5)6)35-49-48-33-41(39-19-13-11-14-20-39)26-30-52(48)64(45-28-29-50-51(37-45)61(9,10)32-31-60(50,7)8)62(55(49)53)57-56(63)46-23-17-18-24-54(46)65-57/h11-30,33-37H,31-32,38H2,1-10H3. The minimum atomic E-state index is -0.0849. The lowest BCUT2D eigenvalue weighted by molar-refractivity contribution is 0.332. The van der Waals surface area contributed by atoms with Crippen molar-refractivity contribution in [3.63, 3.8) is 0 Å². The van der Waals surface area contributed by atoms with Gasteiger partial charge in [0.1, 0.15) is 0 Å². The molecule has 1 aromatic heterocycles. The minimum Gasteiger partial charge on any atom is -0.376 e. The van der Waals surface area contributed by atoms with Crippen molar-refractivity contribution in [3.05, 3.63) is 179 Å². The summed E-state index contributed by atoms with van der Waals surface area (Å²) in [6.45, 7) is 24.6. The van der Waals surface area contributed by atoms with Gasteiger partial charge in [0.15, 0.2) is 0 Å². The van der Waals surface area contributed by atoms with Crippen LogP contribution in [0, 0.1) is 0 Å². The lowest BCUT2D eigenvalue weighted by Gasteiger charge is -2.47. The molecule has 0 radical (unpaired) electrons. The molecule has 7 aromatic carbocycles. The van der Waals surface area contributed by atoms with E-state index in [0.29, 0.717) is 0 Å². The van der Waals surface area contributed by atoms with E-state index in [9.17, 15) is 0 Å². The number of benzene rings is 7. The van der Waals surface area contributed by atoms with Gasteiger partial charge in [-0.3, -0.25) is 0 Å². The molecule has 0 spiro atoms. The molecule has 0 bridgehead atoms. The molecule has 0 N–H and O–H groups in total. The number of thiophene rings is 1. The van der Waals surface area contributed by atoms with Crippen LogP contribution in [0.4, 0.5) is 22.7 Å². The number of hydrogen-bond donors (Lipinski definition) is 0. The van der Waals surface area contributed by atoms with Crippen molar-refractivity contribution in [2.75, 3.05) is 9.71 Å². The first kappa shape index (κ1) is 41.8. The summed E-state index contributed by atoms with van der Waals surface area (Å²) >= 11 is 1.99. The number of anilines is 4. The molecule has 0 saturated carbocycles. The van der Waals surface area contributed by atoms with Crippen LogP contribution in [0.25, 0.3) is 43.5 Å². The van der Waals surface area contributed by atoms with Gasteiger partial charge in [0, 0.05) is 44.0 Å². The Hall–Kier alpha value is -5.84. The summed E-state index contributed by atoms with van der Waals surface area (Å²) in [5, 5.41) is 1.33. The molecule has 0 amide bonds. The molecule has 2 aliphatic heterocycles. The van der Waals surface area contributed by atoms with Crippen LogP contribution < -0.4 is 20.0 Å². The lowest BCUT2D eigenvalue weighted by atomic mass is 9.46. The molecule has 0 unspecified atom stereocenters. The van der Waals surface area contributed by atoms with Gasteiger partial charge in [0.25, 0.3) is 0 Å². The molecule has 3 heterocycles. The van der Waals surface area contributed by atoms with E-state index >= 15 is 0 Å². The zero-order chi connectivity index (χ0) is 45.2. The second-order valence-corrected chi connectivity index (χ2v) is 23.5. The SMILES string of the molecule is CC(C)(C)c1ccc(CN2c3cc(C(C)(C)C)cc4c3B(c3sc5ccccc5c32)N(c2ccc3c(c2)C(C)(C)CCC3(C)C)c2ccc(-c3ccccc3)cc2-4)c(-c2ccccc2)c1. The average molecular weight is 865 g/mol. The maximum Gasteiger partial charge on any atom is 0.343 e. The Balaban J connectivity index is 1.23. The molecule has 0 atom stereocenters. The van der Waals surface area contributed by atoms with E-state index in [1.165, 1.54) is 117 Å². The fraction of sp³-hybridized carbons (Fsp3) is 0.279. The highest BCUT2D eigenvalue weighted by molar-refractivity contribution is 7.32. The van der Waals surface area contributed by atoms with E-state index in [0.717, 1.165) is 6.54 Å². The van der Waals surface area contributed by atoms with Crippen LogP contribution in [0.1, 0.15) is 110 Å². The molecule has 8 aromatic rings. The van der Waals surface area contributed by atoms with Crippen molar-refractivity contribution in [2.45, 2.75) is 110 Å². The van der Waals surface area contributed by atoms with Gasteiger partial charge in [-0.05, 0) is 132 Å². The van der Waals surface area contributed by atoms with E-state index in [2.05, 4.69) is 231 Å². The minimum absolute atomic E-state index is 0.0222. The maximum atomic E-state index is 2.74. The number of fused-ring (bicyclic) bond motifs is 7. The van der Waals surface area contributed by atoms with Crippen LogP contribution in [0.2, 0.25) is 0 Å². The van der Waals surface area contributed by atoms with Gasteiger partial charge < -0.3 is 9.71 Å². The second-order valence-electron chi connectivity index (χ2n) is 22.5. The number of rotatable bonds is 5. The van der Waals surface area contributed by atoms with Gasteiger partial charge in [-0.2, -0.15) is 0 Å². The van der Waals surface area contributed by atoms with Crippen molar-refractivity contribution in [1.29, 1.82) is 0 Å². The van der Waals surface area contributed by atoms with E-state index in [1.807, 2.05) is 11.3 Å². The van der Waals surface area contributed by atoms with Gasteiger partial charge in [-0.1, -0.05) is 184 Å². The molecule has 11 rings (SSSR count). The van der Waals surface area contributed by atoms with Crippen molar-refractivity contribution in [2.24, 2.45) is 0 Å². The summed E-state index contributed by atoms with van der Waals surface area (Å²) in [5.41, 5.74) is 21.5. The number of hydrogen-bond acceptors (Lipinski definition) is 3. The first-order chi connectivity index (χ1) is 31.0. The Morgan fingerprint density at radius 1 is 0.538 bits per heavy atom. The van der Waals surface area contributed by atoms with E-state index < -0.39 is 0 Å². The highest BCUT2D eigenvalue weighted by atomic mass is 32.1. The molecule has 0 saturated heterocycles. The van der Waals surface area contributed by atoms with Crippen LogP contribution in [-0.2, 0) is 28.2 Å². The van der Waals surface area contributed by atoms with E-state index in [4.69, 9.17) is 0 Å². The molecule has 1 aliphatic carbocycles. The molecule has 0 fully saturated rings. The van der Waals surface area contributed by atoms with Crippen LogP contribution >= 0.6 is 11.3 Å². The van der Waals surface area contributed by atoms with Gasteiger partial charge in [-0.15, -0.1) is 11.3 Å². The largest absolute Gasteiger partial charge is 0.376 e. The zero-order valence-corrected chi connectivity index (χ0v) is 40.8. The van der Waals surface area contributed by atoms with E-state index in [1.54, 1.807) is 0 Å². The monoisotopic (exact) mass is 864 g/mol. The Kier molecular flexibility index (Phi) is 9.55. The normalized spacial score (nSPS) is 15.9. The summed E-state index contributed by atoms with van der Waals surface area (Å²) in [5.74, 6) is 0. The number of nitrogens with zero attached hydrogens (tertiary/aromatic N) is 2. The second kappa shape index (κ2) is 14.8. The average Bonchev–Trinajstić information content (AvgIpc) is 3.68. The maximum absolute atomic E-state index is 2.74. The van der Waals surface area contributed by atoms with Crippen LogP contribution in [0.15, 0.2) is 152 Å². The molecule has 4 heteroatoms. The van der Waals surface area contributed by atoms with Gasteiger partial charge in [0.05, 0.1) is 5.69 Å². The quantitative estimate of drug-likeness (QED) is 0.159. The fourth-order valence-corrected chi connectivity index (χ4v) is 12.5. The van der Waals surface area contributed by atoms with Crippen molar-refractivity contribution >= 4 is 61.3 Å². The topological polar surface area (TPSA) is 6.48 Å². The third-order valence-electron chi connectivity index (χ3n) is 15.1. The first-order valence-electron chi connectivity index (χ1n) is 23.8. The van der Waals surface area contributed by atoms with Crippen LogP contribution in [-0.4, -0.2) is 6.85 Å². The Bertz CT molecular complexity index is 3160. The molecular weight excluding hydrogens is 804 g/mol. The highest BCUT2D eigenvalue weighted by Crippen LogP contribution is 2.52. The third kappa shape index (κ3) is 6.89. The molecular formula is C61H61BN2S. The Labute approximate surface area is 392 Å². The predicted molar refractivity (Wildman–Crippen MR) is 283 cm³/mol.